The van der Waals surface area contributed by atoms with Crippen LogP contribution in [0.2, 0.25) is 0 Å². The maximum atomic E-state index is 12.5. The molecule has 5 nitrogen and oxygen atoms in total. The molecule has 1 saturated heterocycles. The Bertz CT molecular complexity index is 737. The van der Waals surface area contributed by atoms with Gasteiger partial charge in [-0.15, -0.1) is 0 Å². The second-order valence-electron chi connectivity index (χ2n) is 6.66. The fourth-order valence-corrected chi connectivity index (χ4v) is 3.79. The third kappa shape index (κ3) is 5.16. The van der Waals surface area contributed by atoms with Crippen molar-refractivity contribution in [3.8, 4) is 0 Å². The van der Waals surface area contributed by atoms with Gasteiger partial charge in [-0.2, -0.15) is 11.3 Å². The number of aryl methyl sites for hydroxylation is 1. The van der Waals surface area contributed by atoms with Gasteiger partial charge in [-0.05, 0) is 23.9 Å². The number of rotatable bonds is 6. The van der Waals surface area contributed by atoms with E-state index in [0.29, 0.717) is 13.0 Å². The fourth-order valence-electron chi connectivity index (χ4n) is 3.15. The molecule has 6 heteroatoms. The molecule has 0 unspecified atom stereocenters. The SMILES string of the molecule is Cc1cccc(CC(=O)N2CCN(CCNC(=O)c3ccsc3)CC2)c1. The standard InChI is InChI=1S/C20H25N3O2S/c1-16-3-2-4-17(13-16)14-19(24)23-10-8-22(9-11-23)7-6-21-20(25)18-5-12-26-15-18/h2-5,12-13,15H,6-11,14H2,1H3,(H,21,25). The first-order chi connectivity index (χ1) is 12.6. The molecule has 1 aromatic heterocycles. The molecule has 1 fully saturated rings. The van der Waals surface area contributed by atoms with Gasteiger partial charge in [-0.25, -0.2) is 0 Å². The third-order valence-corrected chi connectivity index (χ3v) is 5.34. The first kappa shape index (κ1) is 18.6. The third-order valence-electron chi connectivity index (χ3n) is 4.66. The van der Waals surface area contributed by atoms with Crippen molar-refractivity contribution in [3.63, 3.8) is 0 Å². The van der Waals surface area contributed by atoms with E-state index in [1.54, 1.807) is 0 Å². The lowest BCUT2D eigenvalue weighted by atomic mass is 10.1. The summed E-state index contributed by atoms with van der Waals surface area (Å²) < 4.78 is 0. The normalized spacial score (nSPS) is 15.0. The molecule has 0 radical (unpaired) electrons. The molecular weight excluding hydrogens is 346 g/mol. The van der Waals surface area contributed by atoms with Crippen LogP contribution < -0.4 is 5.32 Å². The molecule has 0 spiro atoms. The van der Waals surface area contributed by atoms with Crippen LogP contribution >= 0.6 is 11.3 Å². The second kappa shape index (κ2) is 8.96. The second-order valence-corrected chi connectivity index (χ2v) is 7.44. The quantitative estimate of drug-likeness (QED) is 0.847. The van der Waals surface area contributed by atoms with Crippen molar-refractivity contribution >= 4 is 23.2 Å². The van der Waals surface area contributed by atoms with E-state index in [-0.39, 0.29) is 11.8 Å². The lowest BCUT2D eigenvalue weighted by molar-refractivity contribution is -0.132. The number of nitrogens with one attached hydrogen (secondary N) is 1. The van der Waals surface area contributed by atoms with E-state index >= 15 is 0 Å². The number of carbonyl (C=O) groups excluding carboxylic acids is 2. The zero-order chi connectivity index (χ0) is 18.4. The lowest BCUT2D eigenvalue weighted by Gasteiger charge is -2.34. The molecule has 0 aliphatic carbocycles. The van der Waals surface area contributed by atoms with Gasteiger partial charge in [-0.1, -0.05) is 29.8 Å². The molecule has 2 heterocycles. The number of thiophene rings is 1. The fraction of sp³-hybridized carbons (Fsp3) is 0.400. The first-order valence-corrected chi connectivity index (χ1v) is 9.92. The van der Waals surface area contributed by atoms with Crippen LogP contribution in [0.5, 0.6) is 0 Å². The van der Waals surface area contributed by atoms with E-state index in [4.69, 9.17) is 0 Å². The van der Waals surface area contributed by atoms with Crippen LogP contribution in [-0.4, -0.2) is 60.9 Å². The molecule has 26 heavy (non-hydrogen) atoms. The van der Waals surface area contributed by atoms with Gasteiger partial charge in [0.2, 0.25) is 5.91 Å². The summed E-state index contributed by atoms with van der Waals surface area (Å²) in [6, 6.07) is 9.96. The van der Waals surface area contributed by atoms with Crippen molar-refractivity contribution in [1.29, 1.82) is 0 Å². The van der Waals surface area contributed by atoms with Crippen molar-refractivity contribution in [1.82, 2.24) is 15.1 Å². The predicted octanol–water partition coefficient (Wildman–Crippen LogP) is 2.17. The van der Waals surface area contributed by atoms with Crippen LogP contribution in [0, 0.1) is 6.92 Å². The summed E-state index contributed by atoms with van der Waals surface area (Å²) in [4.78, 5) is 28.6. The molecule has 1 aliphatic heterocycles. The first-order valence-electron chi connectivity index (χ1n) is 8.98. The Labute approximate surface area is 158 Å². The predicted molar refractivity (Wildman–Crippen MR) is 105 cm³/mol. The van der Waals surface area contributed by atoms with Crippen LogP contribution in [0.1, 0.15) is 21.5 Å². The van der Waals surface area contributed by atoms with Gasteiger partial charge in [0.1, 0.15) is 0 Å². The van der Waals surface area contributed by atoms with Gasteiger partial charge in [0.05, 0.1) is 6.42 Å². The van der Waals surface area contributed by atoms with E-state index in [1.807, 2.05) is 46.8 Å². The van der Waals surface area contributed by atoms with Crippen LogP contribution in [-0.2, 0) is 11.2 Å². The highest BCUT2D eigenvalue weighted by molar-refractivity contribution is 7.08. The smallest absolute Gasteiger partial charge is 0.252 e. The Hall–Kier alpha value is -2.18. The summed E-state index contributed by atoms with van der Waals surface area (Å²) in [5, 5.41) is 6.71. The minimum absolute atomic E-state index is 0.0155. The average molecular weight is 372 g/mol. The molecular formula is C20H25N3O2S. The van der Waals surface area contributed by atoms with E-state index in [9.17, 15) is 9.59 Å². The van der Waals surface area contributed by atoms with Crippen LogP contribution in [0.4, 0.5) is 0 Å². The summed E-state index contributed by atoms with van der Waals surface area (Å²) in [6.07, 6.45) is 0.471. The minimum atomic E-state index is -0.0155. The molecule has 0 bridgehead atoms. The summed E-state index contributed by atoms with van der Waals surface area (Å²) in [5.41, 5.74) is 2.99. The van der Waals surface area contributed by atoms with Crippen molar-refractivity contribution in [2.45, 2.75) is 13.3 Å². The minimum Gasteiger partial charge on any atom is -0.351 e. The van der Waals surface area contributed by atoms with Crippen molar-refractivity contribution in [3.05, 3.63) is 57.8 Å². The van der Waals surface area contributed by atoms with E-state index in [0.717, 1.165) is 43.9 Å². The average Bonchev–Trinajstić information content (AvgIpc) is 3.17. The number of nitrogens with zero attached hydrogens (tertiary/aromatic N) is 2. The zero-order valence-electron chi connectivity index (χ0n) is 15.1. The molecule has 2 aromatic rings. The van der Waals surface area contributed by atoms with Crippen molar-refractivity contribution < 1.29 is 9.59 Å². The van der Waals surface area contributed by atoms with E-state index in [2.05, 4.69) is 16.3 Å². The highest BCUT2D eigenvalue weighted by Gasteiger charge is 2.21. The monoisotopic (exact) mass is 371 g/mol. The van der Waals surface area contributed by atoms with E-state index < -0.39 is 0 Å². The van der Waals surface area contributed by atoms with Crippen molar-refractivity contribution in [2.75, 3.05) is 39.3 Å². The number of piperazine rings is 1. The number of amides is 2. The number of benzene rings is 1. The molecule has 3 rings (SSSR count). The Morgan fingerprint density at radius 2 is 1.96 bits per heavy atom. The molecule has 138 valence electrons. The molecule has 0 saturated carbocycles. The highest BCUT2D eigenvalue weighted by Crippen LogP contribution is 2.09. The largest absolute Gasteiger partial charge is 0.351 e. The Kier molecular flexibility index (Phi) is 6.41. The Morgan fingerprint density at radius 1 is 1.15 bits per heavy atom. The maximum Gasteiger partial charge on any atom is 0.252 e. The summed E-state index contributed by atoms with van der Waals surface area (Å²) >= 11 is 1.52. The summed E-state index contributed by atoms with van der Waals surface area (Å²) in [7, 11) is 0. The van der Waals surface area contributed by atoms with Gasteiger partial charge in [0.25, 0.3) is 5.91 Å². The zero-order valence-corrected chi connectivity index (χ0v) is 15.9. The highest BCUT2D eigenvalue weighted by atomic mass is 32.1. The van der Waals surface area contributed by atoms with Crippen LogP contribution in [0.25, 0.3) is 0 Å². The molecule has 2 amide bonds. The molecule has 1 aromatic carbocycles. The summed E-state index contributed by atoms with van der Waals surface area (Å²) in [6.45, 7) is 6.71. The maximum absolute atomic E-state index is 12.5. The Balaban J connectivity index is 1.37. The Morgan fingerprint density at radius 3 is 2.65 bits per heavy atom. The molecule has 0 atom stereocenters. The molecule has 1 aliphatic rings. The van der Waals surface area contributed by atoms with Gasteiger partial charge < -0.3 is 10.2 Å². The number of hydrogen-bond donors (Lipinski definition) is 1. The lowest BCUT2D eigenvalue weighted by Crippen LogP contribution is -2.50. The van der Waals surface area contributed by atoms with Gasteiger partial charge in [0, 0.05) is 50.2 Å². The van der Waals surface area contributed by atoms with Crippen LogP contribution in [0.15, 0.2) is 41.1 Å². The summed E-state index contributed by atoms with van der Waals surface area (Å²) in [5.74, 6) is 0.180. The number of carbonyl (C=O) groups is 2. The van der Waals surface area contributed by atoms with Gasteiger partial charge in [-0.3, -0.25) is 14.5 Å². The topological polar surface area (TPSA) is 52.7 Å². The van der Waals surface area contributed by atoms with Crippen molar-refractivity contribution in [2.24, 2.45) is 0 Å². The molecule has 1 N–H and O–H groups in total. The van der Waals surface area contributed by atoms with Gasteiger partial charge in [0.15, 0.2) is 0 Å². The van der Waals surface area contributed by atoms with Crippen LogP contribution in [0.3, 0.4) is 0 Å². The van der Waals surface area contributed by atoms with E-state index in [1.165, 1.54) is 16.9 Å². The van der Waals surface area contributed by atoms with Gasteiger partial charge >= 0.3 is 0 Å². The number of hydrogen-bond acceptors (Lipinski definition) is 4.